The highest BCUT2D eigenvalue weighted by molar-refractivity contribution is 6.28. The van der Waals surface area contributed by atoms with E-state index in [2.05, 4.69) is 10.6 Å². The highest BCUT2D eigenvalue weighted by Gasteiger charge is 2.22. The van der Waals surface area contributed by atoms with Gasteiger partial charge in [-0.3, -0.25) is 20.2 Å². The largest absolute Gasteiger partial charge is 0.399 e. The molecule has 0 aliphatic rings. The fraction of sp³-hybridized carbons (Fsp3) is 0. The molecule has 0 radical (unpaired) electrons. The lowest BCUT2D eigenvalue weighted by Crippen LogP contribution is -2.16. The molecule has 0 aliphatic heterocycles. The van der Waals surface area contributed by atoms with Crippen molar-refractivity contribution >= 4 is 34.4 Å². The molecule has 2 rings (SSSR count). The number of nitrogen functional groups attached to an aromatic ring is 2. The molecular formula is C16H15ClN6O4. The van der Waals surface area contributed by atoms with Gasteiger partial charge in [-0.05, 0) is 60.1 Å². The summed E-state index contributed by atoms with van der Waals surface area (Å²) < 4.78 is 0. The topological polar surface area (TPSA) is 162 Å². The second kappa shape index (κ2) is 8.54. The van der Waals surface area contributed by atoms with E-state index >= 15 is 0 Å². The summed E-state index contributed by atoms with van der Waals surface area (Å²) in [4.78, 5) is 20.5. The highest BCUT2D eigenvalue weighted by atomic mass is 35.5. The van der Waals surface area contributed by atoms with Crippen LogP contribution in [0.4, 0.5) is 22.7 Å². The van der Waals surface area contributed by atoms with Crippen LogP contribution in [0.2, 0.25) is 0 Å². The summed E-state index contributed by atoms with van der Waals surface area (Å²) in [7, 11) is 0. The Kier molecular flexibility index (Phi) is 6.18. The van der Waals surface area contributed by atoms with Gasteiger partial charge in [0.1, 0.15) is 6.08 Å². The molecular weight excluding hydrogens is 376 g/mol. The van der Waals surface area contributed by atoms with Gasteiger partial charge in [-0.1, -0.05) is 0 Å². The number of nitrogens with two attached hydrogens (primary N) is 2. The Morgan fingerprint density at radius 1 is 0.852 bits per heavy atom. The molecule has 140 valence electrons. The molecule has 0 saturated heterocycles. The van der Waals surface area contributed by atoms with Crippen molar-refractivity contribution in [2.75, 3.05) is 22.1 Å². The summed E-state index contributed by atoms with van der Waals surface area (Å²) in [6, 6.07) is 12.7. The molecule has 6 N–H and O–H groups in total. The Balaban J connectivity index is 2.51. The minimum absolute atomic E-state index is 0.130. The molecule has 0 amide bonds. The van der Waals surface area contributed by atoms with Crippen LogP contribution in [0.1, 0.15) is 0 Å². The van der Waals surface area contributed by atoms with Gasteiger partial charge in [-0.15, -0.1) is 0 Å². The van der Waals surface area contributed by atoms with E-state index in [4.69, 9.17) is 23.1 Å². The van der Waals surface area contributed by atoms with E-state index in [9.17, 15) is 20.2 Å². The lowest BCUT2D eigenvalue weighted by atomic mass is 10.2. The van der Waals surface area contributed by atoms with Crippen LogP contribution >= 0.6 is 11.6 Å². The Morgan fingerprint density at radius 3 is 1.59 bits per heavy atom. The minimum atomic E-state index is -0.935. The third kappa shape index (κ3) is 5.61. The van der Waals surface area contributed by atoms with Crippen LogP contribution < -0.4 is 22.1 Å². The second-order valence-electron chi connectivity index (χ2n) is 5.24. The minimum Gasteiger partial charge on any atom is -0.399 e. The third-order valence-corrected chi connectivity index (χ3v) is 3.49. The van der Waals surface area contributed by atoms with Crippen molar-refractivity contribution in [1.29, 1.82) is 0 Å². The van der Waals surface area contributed by atoms with Gasteiger partial charge in [0, 0.05) is 22.7 Å². The van der Waals surface area contributed by atoms with E-state index in [0.29, 0.717) is 28.8 Å². The average molecular weight is 391 g/mol. The molecule has 0 spiro atoms. The van der Waals surface area contributed by atoms with E-state index in [1.54, 1.807) is 48.5 Å². The van der Waals surface area contributed by atoms with Gasteiger partial charge in [-0.2, -0.15) is 0 Å². The Labute approximate surface area is 158 Å². The summed E-state index contributed by atoms with van der Waals surface area (Å²) in [5, 5.41) is 27.0. The van der Waals surface area contributed by atoms with Crippen molar-refractivity contribution in [2.24, 2.45) is 0 Å². The van der Waals surface area contributed by atoms with Crippen LogP contribution in [0.15, 0.2) is 71.3 Å². The molecule has 10 nitrogen and oxygen atoms in total. The molecule has 2 aromatic carbocycles. The zero-order valence-electron chi connectivity index (χ0n) is 13.8. The standard InChI is InChI=1S/C16H15ClN6O4/c17-15(23(26)27)9-14(22(24)25)16(20-12-5-1-10(18)2-6-12)21-13-7-3-11(19)4-8-13/h1-9,20-21H,18-19H2. The summed E-state index contributed by atoms with van der Waals surface area (Å²) in [6.07, 6.45) is 0.644. The van der Waals surface area contributed by atoms with E-state index in [0.717, 1.165) is 0 Å². The van der Waals surface area contributed by atoms with Crippen molar-refractivity contribution in [2.45, 2.75) is 0 Å². The monoisotopic (exact) mass is 390 g/mol. The number of benzene rings is 2. The highest BCUT2D eigenvalue weighted by Crippen LogP contribution is 2.21. The lowest BCUT2D eigenvalue weighted by Gasteiger charge is -2.14. The van der Waals surface area contributed by atoms with Crippen molar-refractivity contribution < 1.29 is 9.85 Å². The van der Waals surface area contributed by atoms with Gasteiger partial charge >= 0.3 is 10.9 Å². The van der Waals surface area contributed by atoms with Gasteiger partial charge in [0.25, 0.3) is 0 Å². The Hall–Kier alpha value is -3.79. The van der Waals surface area contributed by atoms with Crippen LogP contribution in [0, 0.1) is 20.2 Å². The van der Waals surface area contributed by atoms with Crippen LogP contribution in [0.25, 0.3) is 0 Å². The predicted octanol–water partition coefficient (Wildman–Crippen LogP) is 3.18. The first kappa shape index (κ1) is 19.5. The van der Waals surface area contributed by atoms with Crippen molar-refractivity contribution in [3.8, 4) is 0 Å². The lowest BCUT2D eigenvalue weighted by molar-refractivity contribution is -0.428. The van der Waals surface area contributed by atoms with Crippen LogP contribution in [-0.4, -0.2) is 9.85 Å². The molecule has 0 bridgehead atoms. The number of nitrogens with one attached hydrogen (secondary N) is 2. The fourth-order valence-electron chi connectivity index (χ4n) is 1.96. The number of halogens is 1. The number of nitro groups is 2. The summed E-state index contributed by atoms with van der Waals surface area (Å²) >= 11 is 5.48. The van der Waals surface area contributed by atoms with Gasteiger partial charge in [-0.25, -0.2) is 0 Å². The van der Waals surface area contributed by atoms with Gasteiger partial charge in [0.15, 0.2) is 5.82 Å². The van der Waals surface area contributed by atoms with E-state index in [1.807, 2.05) is 0 Å². The van der Waals surface area contributed by atoms with Crippen LogP contribution in [0.5, 0.6) is 0 Å². The molecule has 0 aromatic heterocycles. The number of allylic oxidation sites excluding steroid dienone is 1. The number of hydrogen-bond donors (Lipinski definition) is 4. The molecule has 0 heterocycles. The summed E-state index contributed by atoms with van der Waals surface area (Å²) in [5.41, 5.74) is 12.6. The predicted molar refractivity (Wildman–Crippen MR) is 104 cm³/mol. The van der Waals surface area contributed by atoms with Gasteiger partial charge in [0.2, 0.25) is 0 Å². The maximum atomic E-state index is 11.5. The zero-order valence-corrected chi connectivity index (χ0v) is 14.5. The van der Waals surface area contributed by atoms with Gasteiger partial charge in [0.05, 0.1) is 9.85 Å². The third-order valence-electron chi connectivity index (χ3n) is 3.24. The van der Waals surface area contributed by atoms with Crippen molar-refractivity contribution in [1.82, 2.24) is 0 Å². The summed E-state index contributed by atoms with van der Waals surface area (Å²) in [5.74, 6) is -0.130. The van der Waals surface area contributed by atoms with Crippen molar-refractivity contribution in [3.63, 3.8) is 0 Å². The average Bonchev–Trinajstić information content (AvgIpc) is 2.62. The molecule has 0 aliphatic carbocycles. The van der Waals surface area contributed by atoms with Gasteiger partial charge < -0.3 is 22.1 Å². The fourth-order valence-corrected chi connectivity index (χ4v) is 2.07. The Bertz CT molecular complexity index is 860. The summed E-state index contributed by atoms with van der Waals surface area (Å²) in [6.45, 7) is 0. The zero-order chi connectivity index (χ0) is 20.0. The Morgan fingerprint density at radius 2 is 1.26 bits per heavy atom. The van der Waals surface area contributed by atoms with Crippen LogP contribution in [-0.2, 0) is 0 Å². The SMILES string of the molecule is Nc1ccc(NC(Nc2ccc(N)cc2)=C(C=C(Cl)[N+](=O)[O-])[N+](=O)[O-])cc1. The molecule has 0 saturated carbocycles. The molecule has 11 heteroatoms. The van der Waals surface area contributed by atoms with Crippen LogP contribution in [0.3, 0.4) is 0 Å². The quantitative estimate of drug-likeness (QED) is 0.184. The molecule has 0 atom stereocenters. The first-order valence-electron chi connectivity index (χ1n) is 7.41. The first-order valence-corrected chi connectivity index (χ1v) is 7.79. The number of hydrogen-bond acceptors (Lipinski definition) is 8. The van der Waals surface area contributed by atoms with E-state index in [1.165, 1.54) is 0 Å². The number of rotatable bonds is 7. The molecule has 0 unspecified atom stereocenters. The number of nitrogens with zero attached hydrogens (tertiary/aromatic N) is 2. The first-order chi connectivity index (χ1) is 12.8. The van der Waals surface area contributed by atoms with E-state index < -0.39 is 20.7 Å². The maximum absolute atomic E-state index is 11.5. The van der Waals surface area contributed by atoms with E-state index in [-0.39, 0.29) is 5.82 Å². The maximum Gasteiger partial charge on any atom is 0.344 e. The smallest absolute Gasteiger partial charge is 0.344 e. The molecule has 27 heavy (non-hydrogen) atoms. The normalized spacial score (nSPS) is 10.8. The second-order valence-corrected chi connectivity index (χ2v) is 5.62. The number of anilines is 4. The molecule has 2 aromatic rings. The van der Waals surface area contributed by atoms with Crippen molar-refractivity contribution in [3.05, 3.63) is 91.5 Å². The molecule has 0 fully saturated rings.